The molecule has 1 fully saturated rings. The van der Waals surface area contributed by atoms with Gasteiger partial charge >= 0.3 is 0 Å². The molecule has 0 saturated carbocycles. The van der Waals surface area contributed by atoms with E-state index in [9.17, 15) is 4.79 Å². The summed E-state index contributed by atoms with van der Waals surface area (Å²) in [5, 5.41) is 3.45. The molecule has 0 aromatic heterocycles. The van der Waals surface area contributed by atoms with Crippen molar-refractivity contribution in [2.24, 2.45) is 5.92 Å². The van der Waals surface area contributed by atoms with Crippen molar-refractivity contribution < 1.29 is 4.79 Å². The van der Waals surface area contributed by atoms with Crippen LogP contribution in [-0.4, -0.2) is 40.4 Å². The predicted octanol–water partition coefficient (Wildman–Crippen LogP) is 4.25. The highest BCUT2D eigenvalue weighted by Crippen LogP contribution is 2.32. The average molecular weight is 358 g/mol. The van der Waals surface area contributed by atoms with Crippen LogP contribution >= 0.6 is 0 Å². The molecule has 1 N–H and O–H groups in total. The number of nitrogens with zero attached hydrogens (tertiary/aromatic N) is 2. The van der Waals surface area contributed by atoms with E-state index in [0.717, 1.165) is 31.6 Å². The van der Waals surface area contributed by atoms with E-state index in [0.29, 0.717) is 30.6 Å². The number of hydrogen-bond acceptors (Lipinski definition) is 3. The second-order valence-electron chi connectivity index (χ2n) is 8.62. The largest absolute Gasteiger partial charge is 0.376 e. The normalized spacial score (nSPS) is 24.6. The Kier molecular flexibility index (Phi) is 5.91. The van der Waals surface area contributed by atoms with Crippen LogP contribution in [0.1, 0.15) is 65.0 Å². The molecule has 3 unspecified atom stereocenters. The number of nitrogens with one attached hydrogen (secondary N) is 1. The third-order valence-corrected chi connectivity index (χ3v) is 6.46. The highest BCUT2D eigenvalue weighted by Gasteiger charge is 2.30. The number of fused-ring (bicyclic) bond motifs is 1. The van der Waals surface area contributed by atoms with E-state index in [2.05, 4.69) is 67.9 Å². The molecule has 1 aromatic rings. The molecule has 3 rings (SSSR count). The number of anilines is 1. The van der Waals surface area contributed by atoms with Crippen molar-refractivity contribution in [3.63, 3.8) is 0 Å². The average Bonchev–Trinajstić information content (AvgIpc) is 3.03. The quantitative estimate of drug-likeness (QED) is 0.856. The van der Waals surface area contributed by atoms with E-state index < -0.39 is 0 Å². The van der Waals surface area contributed by atoms with Gasteiger partial charge in [0.25, 0.3) is 0 Å². The van der Waals surface area contributed by atoms with Gasteiger partial charge in [0.15, 0.2) is 0 Å². The van der Waals surface area contributed by atoms with Crippen LogP contribution in [0.3, 0.4) is 0 Å². The predicted molar refractivity (Wildman–Crippen MR) is 108 cm³/mol. The molecule has 144 valence electrons. The number of benzene rings is 1. The Labute approximate surface area is 158 Å². The molecule has 0 aliphatic carbocycles. The van der Waals surface area contributed by atoms with Gasteiger partial charge in [-0.1, -0.05) is 26.0 Å². The fourth-order valence-electron chi connectivity index (χ4n) is 4.50. The van der Waals surface area contributed by atoms with Crippen LogP contribution in [0.25, 0.3) is 0 Å². The van der Waals surface area contributed by atoms with E-state index in [1.165, 1.54) is 17.5 Å². The topological polar surface area (TPSA) is 35.6 Å². The molecule has 3 atom stereocenters. The molecular weight excluding hydrogens is 322 g/mol. The summed E-state index contributed by atoms with van der Waals surface area (Å²) in [4.78, 5) is 17.4. The molecule has 26 heavy (non-hydrogen) atoms. The fourth-order valence-corrected chi connectivity index (χ4v) is 4.50. The van der Waals surface area contributed by atoms with Crippen LogP contribution in [0.4, 0.5) is 5.69 Å². The first-order valence-corrected chi connectivity index (χ1v) is 10.3. The summed E-state index contributed by atoms with van der Waals surface area (Å²) in [6.45, 7) is 13.6. The van der Waals surface area contributed by atoms with Crippen molar-refractivity contribution in [3.8, 4) is 0 Å². The zero-order chi connectivity index (χ0) is 18.8. The molecule has 1 saturated heterocycles. The zero-order valence-electron chi connectivity index (χ0n) is 17.1. The monoisotopic (exact) mass is 357 g/mol. The Balaban J connectivity index is 1.66. The number of carbonyl (C=O) groups is 1. The van der Waals surface area contributed by atoms with Crippen molar-refractivity contribution in [1.82, 2.24) is 9.80 Å². The van der Waals surface area contributed by atoms with E-state index in [4.69, 9.17) is 0 Å². The molecule has 2 heterocycles. The Morgan fingerprint density at radius 1 is 1.15 bits per heavy atom. The summed E-state index contributed by atoms with van der Waals surface area (Å²) in [7, 11) is 0. The minimum atomic E-state index is 0.229. The van der Waals surface area contributed by atoms with Crippen LogP contribution < -0.4 is 5.32 Å². The zero-order valence-corrected chi connectivity index (χ0v) is 17.1. The Hall–Kier alpha value is -1.55. The second kappa shape index (κ2) is 7.99. The summed E-state index contributed by atoms with van der Waals surface area (Å²) in [5.74, 6) is 0.872. The number of carbonyl (C=O) groups excluding carboxylic acids is 1. The van der Waals surface area contributed by atoms with Crippen molar-refractivity contribution in [1.29, 1.82) is 0 Å². The van der Waals surface area contributed by atoms with E-state index in [-0.39, 0.29) is 5.91 Å². The van der Waals surface area contributed by atoms with Gasteiger partial charge in [-0.2, -0.15) is 0 Å². The van der Waals surface area contributed by atoms with Crippen LogP contribution in [-0.2, 0) is 17.9 Å². The molecule has 4 nitrogen and oxygen atoms in total. The van der Waals surface area contributed by atoms with E-state index >= 15 is 0 Å². The van der Waals surface area contributed by atoms with Gasteiger partial charge in [-0.15, -0.1) is 0 Å². The maximum atomic E-state index is 12.8. The minimum absolute atomic E-state index is 0.229. The van der Waals surface area contributed by atoms with Crippen molar-refractivity contribution in [2.45, 2.75) is 85.1 Å². The van der Waals surface area contributed by atoms with Gasteiger partial charge in [-0.25, -0.2) is 0 Å². The minimum Gasteiger partial charge on any atom is -0.376 e. The number of piperidine rings is 1. The van der Waals surface area contributed by atoms with Crippen LogP contribution in [0, 0.1) is 5.92 Å². The van der Waals surface area contributed by atoms with E-state index in [1.54, 1.807) is 0 Å². The lowest BCUT2D eigenvalue weighted by molar-refractivity contribution is -0.135. The standard InChI is InChI=1S/C22H35N3O/c1-15(2)18(5)24-13-19-10-7-11-21(20(19)14-24)23-12-22(26)25-16(3)8-6-9-17(25)4/h7,10-11,15-18,23H,6,8-9,12-14H2,1-5H3. The Bertz CT molecular complexity index is 632. The molecule has 2 aliphatic rings. The summed E-state index contributed by atoms with van der Waals surface area (Å²) < 4.78 is 0. The van der Waals surface area contributed by atoms with Gasteiger partial charge in [0.2, 0.25) is 5.91 Å². The smallest absolute Gasteiger partial charge is 0.242 e. The number of amides is 1. The summed E-state index contributed by atoms with van der Waals surface area (Å²) in [6.07, 6.45) is 3.48. The third kappa shape index (κ3) is 3.90. The van der Waals surface area contributed by atoms with Crippen LogP contribution in [0.2, 0.25) is 0 Å². The highest BCUT2D eigenvalue weighted by atomic mass is 16.2. The Morgan fingerprint density at radius 3 is 2.50 bits per heavy atom. The first-order chi connectivity index (χ1) is 12.4. The van der Waals surface area contributed by atoms with Crippen molar-refractivity contribution >= 4 is 11.6 Å². The molecule has 4 heteroatoms. The van der Waals surface area contributed by atoms with Crippen molar-refractivity contribution in [2.75, 3.05) is 11.9 Å². The lowest BCUT2D eigenvalue weighted by atomic mass is 9.97. The SMILES string of the molecule is CC(C)C(C)N1Cc2cccc(NCC(=O)N3C(C)CCCC3C)c2C1. The highest BCUT2D eigenvalue weighted by molar-refractivity contribution is 5.82. The number of hydrogen-bond donors (Lipinski definition) is 1. The molecule has 0 bridgehead atoms. The molecule has 1 aromatic carbocycles. The fraction of sp³-hybridized carbons (Fsp3) is 0.682. The first kappa shape index (κ1) is 19.2. The summed E-state index contributed by atoms with van der Waals surface area (Å²) in [6, 6.07) is 7.74. The molecular formula is C22H35N3O. The van der Waals surface area contributed by atoms with Gasteiger partial charge in [-0.05, 0) is 63.1 Å². The lowest BCUT2D eigenvalue weighted by Crippen LogP contribution is -2.49. The summed E-state index contributed by atoms with van der Waals surface area (Å²) >= 11 is 0. The van der Waals surface area contributed by atoms with Crippen molar-refractivity contribution in [3.05, 3.63) is 29.3 Å². The lowest BCUT2D eigenvalue weighted by Gasteiger charge is -2.39. The molecule has 0 spiro atoms. The van der Waals surface area contributed by atoms with Crippen LogP contribution in [0.5, 0.6) is 0 Å². The number of likely N-dealkylation sites (tertiary alicyclic amines) is 1. The maximum Gasteiger partial charge on any atom is 0.242 e. The maximum absolute atomic E-state index is 12.8. The summed E-state index contributed by atoms with van der Waals surface area (Å²) in [5.41, 5.74) is 3.90. The molecule has 0 radical (unpaired) electrons. The van der Waals surface area contributed by atoms with Gasteiger partial charge in [0.05, 0.1) is 6.54 Å². The van der Waals surface area contributed by atoms with E-state index in [1.807, 2.05) is 0 Å². The molecule has 1 amide bonds. The van der Waals surface area contributed by atoms with Gasteiger partial charge in [0, 0.05) is 36.9 Å². The van der Waals surface area contributed by atoms with Crippen LogP contribution in [0.15, 0.2) is 18.2 Å². The third-order valence-electron chi connectivity index (χ3n) is 6.46. The number of rotatable bonds is 5. The van der Waals surface area contributed by atoms with Gasteiger partial charge in [0.1, 0.15) is 0 Å². The second-order valence-corrected chi connectivity index (χ2v) is 8.62. The van der Waals surface area contributed by atoms with Gasteiger partial charge in [-0.3, -0.25) is 9.69 Å². The molecule has 2 aliphatic heterocycles. The Morgan fingerprint density at radius 2 is 1.85 bits per heavy atom. The van der Waals surface area contributed by atoms with Gasteiger partial charge < -0.3 is 10.2 Å². The first-order valence-electron chi connectivity index (χ1n) is 10.3.